The van der Waals surface area contributed by atoms with Crippen LogP contribution in [0.3, 0.4) is 0 Å². The van der Waals surface area contributed by atoms with Crippen LogP contribution < -0.4 is 10.6 Å². The fourth-order valence-corrected chi connectivity index (χ4v) is 2.38. The second-order valence-electron chi connectivity index (χ2n) is 5.61. The van der Waals surface area contributed by atoms with Gasteiger partial charge in [0.15, 0.2) is 0 Å². The second kappa shape index (κ2) is 7.48. The van der Waals surface area contributed by atoms with E-state index in [-0.39, 0.29) is 18.3 Å². The lowest BCUT2D eigenvalue weighted by Gasteiger charge is -2.30. The van der Waals surface area contributed by atoms with E-state index in [2.05, 4.69) is 15.4 Å². The third kappa shape index (κ3) is 5.59. The molecular weight excluding hydrogens is 244 g/mol. The molecule has 110 valence electrons. The van der Waals surface area contributed by atoms with Gasteiger partial charge in [0.05, 0.1) is 13.5 Å². The zero-order valence-corrected chi connectivity index (χ0v) is 12.3. The molecule has 1 aliphatic heterocycles. The van der Waals surface area contributed by atoms with Crippen LogP contribution in [0.2, 0.25) is 0 Å². The summed E-state index contributed by atoms with van der Waals surface area (Å²) in [4.78, 5) is 23.4. The monoisotopic (exact) mass is 270 g/mol. The number of carbonyl (C=O) groups excluding carboxylic acids is 2. The summed E-state index contributed by atoms with van der Waals surface area (Å²) in [7, 11) is 1.37. The van der Waals surface area contributed by atoms with Crippen LogP contribution in [0.4, 0.5) is 0 Å². The highest BCUT2D eigenvalue weighted by Gasteiger charge is 2.29. The molecule has 0 aromatic rings. The van der Waals surface area contributed by atoms with Crippen LogP contribution in [0.1, 0.15) is 46.0 Å². The molecule has 0 spiro atoms. The van der Waals surface area contributed by atoms with Crippen molar-refractivity contribution < 1.29 is 14.3 Å². The Morgan fingerprint density at radius 3 is 2.53 bits per heavy atom. The number of esters is 1. The van der Waals surface area contributed by atoms with Crippen molar-refractivity contribution in [2.75, 3.05) is 20.2 Å². The maximum atomic E-state index is 12.1. The number of hydrogen-bond donors (Lipinski definition) is 2. The van der Waals surface area contributed by atoms with Gasteiger partial charge in [-0.2, -0.15) is 0 Å². The lowest BCUT2D eigenvalue weighted by atomic mass is 9.91. The summed E-state index contributed by atoms with van der Waals surface area (Å²) in [6, 6.07) is 0. The van der Waals surface area contributed by atoms with E-state index in [1.807, 2.05) is 13.8 Å². The molecule has 1 aliphatic rings. The topological polar surface area (TPSA) is 67.4 Å². The summed E-state index contributed by atoms with van der Waals surface area (Å²) in [5.74, 6) is 0.215. The largest absolute Gasteiger partial charge is 0.469 e. The first kappa shape index (κ1) is 16.0. The van der Waals surface area contributed by atoms with Gasteiger partial charge >= 0.3 is 5.97 Å². The van der Waals surface area contributed by atoms with Gasteiger partial charge in [-0.1, -0.05) is 6.92 Å². The van der Waals surface area contributed by atoms with E-state index in [0.717, 1.165) is 25.9 Å². The van der Waals surface area contributed by atoms with Crippen molar-refractivity contribution in [1.82, 2.24) is 10.6 Å². The maximum Gasteiger partial charge on any atom is 0.307 e. The normalized spacial score (nSPS) is 19.5. The minimum atomic E-state index is -0.503. The van der Waals surface area contributed by atoms with Crippen LogP contribution in [0.15, 0.2) is 0 Å². The molecule has 1 heterocycles. The van der Waals surface area contributed by atoms with E-state index in [9.17, 15) is 9.59 Å². The minimum absolute atomic E-state index is 0.0418. The Kier molecular flexibility index (Phi) is 6.28. The van der Waals surface area contributed by atoms with Gasteiger partial charge in [-0.15, -0.1) is 0 Å². The van der Waals surface area contributed by atoms with Crippen molar-refractivity contribution in [1.29, 1.82) is 0 Å². The average Bonchev–Trinajstić information content (AvgIpc) is 2.39. The van der Waals surface area contributed by atoms with Gasteiger partial charge < -0.3 is 15.4 Å². The molecule has 1 saturated heterocycles. The van der Waals surface area contributed by atoms with Crippen LogP contribution >= 0.6 is 0 Å². The SMILES string of the molecule is CC[C@@](C)(CC(=O)OC)NC(=O)CC1CCNCC1. The lowest BCUT2D eigenvalue weighted by molar-refractivity contribution is -0.142. The number of methoxy groups -OCH3 is 1. The number of hydrogen-bond acceptors (Lipinski definition) is 4. The Morgan fingerprint density at radius 1 is 1.37 bits per heavy atom. The second-order valence-corrected chi connectivity index (χ2v) is 5.61. The first-order valence-electron chi connectivity index (χ1n) is 7.07. The highest BCUT2D eigenvalue weighted by molar-refractivity contribution is 5.78. The summed E-state index contributed by atoms with van der Waals surface area (Å²) >= 11 is 0. The first-order chi connectivity index (χ1) is 8.99. The third-order valence-corrected chi connectivity index (χ3v) is 3.92. The lowest BCUT2D eigenvalue weighted by Crippen LogP contribution is -2.48. The standard InChI is InChI=1S/C14H26N2O3/c1-4-14(2,10-13(18)19-3)16-12(17)9-11-5-7-15-8-6-11/h11,15H,4-10H2,1-3H3,(H,16,17)/t14-/m0/s1. The summed E-state index contributed by atoms with van der Waals surface area (Å²) in [5, 5.41) is 6.28. The van der Waals surface area contributed by atoms with Gasteiger partial charge in [0.25, 0.3) is 0 Å². The molecule has 1 amide bonds. The Bertz CT molecular complexity index is 314. The number of carbonyl (C=O) groups is 2. The molecule has 0 saturated carbocycles. The van der Waals surface area contributed by atoms with Crippen molar-refractivity contribution in [2.45, 2.75) is 51.5 Å². The third-order valence-electron chi connectivity index (χ3n) is 3.92. The number of amides is 1. The number of piperidine rings is 1. The van der Waals surface area contributed by atoms with E-state index >= 15 is 0 Å². The predicted molar refractivity (Wildman–Crippen MR) is 73.7 cm³/mol. The Hall–Kier alpha value is -1.10. The van der Waals surface area contributed by atoms with Gasteiger partial charge in [0, 0.05) is 12.0 Å². The highest BCUT2D eigenvalue weighted by Crippen LogP contribution is 2.19. The molecule has 0 aliphatic carbocycles. The molecule has 0 radical (unpaired) electrons. The number of rotatable bonds is 6. The number of ether oxygens (including phenoxy) is 1. The molecule has 1 rings (SSSR count). The molecule has 0 bridgehead atoms. The van der Waals surface area contributed by atoms with Gasteiger partial charge in [-0.25, -0.2) is 0 Å². The molecule has 0 aromatic carbocycles. The van der Waals surface area contributed by atoms with E-state index in [1.54, 1.807) is 0 Å². The van der Waals surface area contributed by atoms with E-state index in [1.165, 1.54) is 7.11 Å². The summed E-state index contributed by atoms with van der Waals surface area (Å²) < 4.78 is 4.68. The molecule has 0 aromatic heterocycles. The molecule has 0 unspecified atom stereocenters. The predicted octanol–water partition coefficient (Wildman–Crippen LogP) is 1.22. The van der Waals surface area contributed by atoms with E-state index in [4.69, 9.17) is 0 Å². The smallest absolute Gasteiger partial charge is 0.307 e. The summed E-state index contributed by atoms with van der Waals surface area (Å²) in [5.41, 5.74) is -0.503. The van der Waals surface area contributed by atoms with Crippen molar-refractivity contribution in [3.8, 4) is 0 Å². The zero-order chi connectivity index (χ0) is 14.3. The van der Waals surface area contributed by atoms with Gasteiger partial charge in [0.2, 0.25) is 5.91 Å². The molecule has 5 nitrogen and oxygen atoms in total. The average molecular weight is 270 g/mol. The quantitative estimate of drug-likeness (QED) is 0.712. The Balaban J connectivity index is 2.44. The number of nitrogens with one attached hydrogen (secondary N) is 2. The van der Waals surface area contributed by atoms with Crippen LogP contribution in [0, 0.1) is 5.92 Å². The summed E-state index contributed by atoms with van der Waals surface area (Å²) in [6.45, 7) is 5.84. The molecule has 19 heavy (non-hydrogen) atoms. The van der Waals surface area contributed by atoms with Crippen molar-refractivity contribution in [3.63, 3.8) is 0 Å². The molecule has 5 heteroatoms. The maximum absolute atomic E-state index is 12.1. The van der Waals surface area contributed by atoms with Crippen molar-refractivity contribution in [2.24, 2.45) is 5.92 Å². The van der Waals surface area contributed by atoms with Crippen molar-refractivity contribution >= 4 is 11.9 Å². The van der Waals surface area contributed by atoms with Gasteiger partial charge in [0.1, 0.15) is 0 Å². The Morgan fingerprint density at radius 2 is 2.00 bits per heavy atom. The molecule has 1 fully saturated rings. The van der Waals surface area contributed by atoms with Crippen molar-refractivity contribution in [3.05, 3.63) is 0 Å². The van der Waals surface area contributed by atoms with E-state index < -0.39 is 5.54 Å². The van der Waals surface area contributed by atoms with Crippen LogP contribution in [-0.2, 0) is 14.3 Å². The highest BCUT2D eigenvalue weighted by atomic mass is 16.5. The minimum Gasteiger partial charge on any atom is -0.469 e. The zero-order valence-electron chi connectivity index (χ0n) is 12.3. The molecule has 2 N–H and O–H groups in total. The molecule has 1 atom stereocenters. The van der Waals surface area contributed by atoms with Gasteiger partial charge in [-0.3, -0.25) is 9.59 Å². The van der Waals surface area contributed by atoms with Crippen LogP contribution in [-0.4, -0.2) is 37.6 Å². The first-order valence-corrected chi connectivity index (χ1v) is 7.07. The van der Waals surface area contributed by atoms with Gasteiger partial charge in [-0.05, 0) is 45.2 Å². The van der Waals surface area contributed by atoms with Crippen LogP contribution in [0.5, 0.6) is 0 Å². The fraction of sp³-hybridized carbons (Fsp3) is 0.857. The summed E-state index contributed by atoms with van der Waals surface area (Å²) in [6.07, 6.45) is 3.58. The molecular formula is C14H26N2O3. The fourth-order valence-electron chi connectivity index (χ4n) is 2.38. The van der Waals surface area contributed by atoms with E-state index in [0.29, 0.717) is 18.8 Å². The Labute approximate surface area is 115 Å². The van der Waals surface area contributed by atoms with Crippen LogP contribution in [0.25, 0.3) is 0 Å².